The zero-order valence-corrected chi connectivity index (χ0v) is 23.2. The van der Waals surface area contributed by atoms with Crippen LogP contribution in [0.15, 0.2) is 128 Å². The Bertz CT molecular complexity index is 1500. The van der Waals surface area contributed by atoms with Gasteiger partial charge in [0.2, 0.25) is 11.8 Å². The average Bonchev–Trinajstić information content (AvgIpc) is 2.92. The van der Waals surface area contributed by atoms with Crippen LogP contribution >= 0.6 is 31.9 Å². The second-order valence-electron chi connectivity index (χ2n) is 8.02. The van der Waals surface area contributed by atoms with Gasteiger partial charge in [-0.15, -0.1) is 5.11 Å². The van der Waals surface area contributed by atoms with Gasteiger partial charge in [0, 0.05) is 26.8 Å². The molecule has 0 aliphatic heterocycles. The number of hydrogen-bond donors (Lipinski definition) is 2. The number of rotatable bonds is 8. The summed E-state index contributed by atoms with van der Waals surface area (Å²) in [5.74, 6) is -0.651. The Morgan fingerprint density at radius 1 is 0.632 bits per heavy atom. The lowest BCUT2D eigenvalue weighted by molar-refractivity contribution is -0.112. The molecule has 4 aromatic rings. The van der Waals surface area contributed by atoms with E-state index in [1.165, 1.54) is 12.2 Å². The molecule has 0 spiro atoms. The van der Waals surface area contributed by atoms with Crippen LogP contribution in [0.25, 0.3) is 12.2 Å². The first-order valence-electron chi connectivity index (χ1n) is 11.5. The van der Waals surface area contributed by atoms with Crippen LogP contribution in [0.2, 0.25) is 0 Å². The van der Waals surface area contributed by atoms with Gasteiger partial charge in [0.1, 0.15) is 5.69 Å². The summed E-state index contributed by atoms with van der Waals surface area (Å²) in [4.78, 5) is 25.2. The van der Waals surface area contributed by atoms with E-state index in [0.717, 1.165) is 20.1 Å². The van der Waals surface area contributed by atoms with Gasteiger partial charge in [-0.25, -0.2) is 0 Å². The van der Waals surface area contributed by atoms with Crippen LogP contribution in [-0.4, -0.2) is 11.8 Å². The van der Waals surface area contributed by atoms with Crippen LogP contribution in [0.5, 0.6) is 0 Å². The molecule has 0 bridgehead atoms. The van der Waals surface area contributed by atoms with Gasteiger partial charge >= 0.3 is 0 Å². The van der Waals surface area contributed by atoms with E-state index in [4.69, 9.17) is 0 Å². The number of halogens is 2. The van der Waals surface area contributed by atoms with Gasteiger partial charge in [-0.2, -0.15) is 5.11 Å². The summed E-state index contributed by atoms with van der Waals surface area (Å²) < 4.78 is 1.92. The predicted molar refractivity (Wildman–Crippen MR) is 161 cm³/mol. The quantitative estimate of drug-likeness (QED) is 0.151. The zero-order valence-electron chi connectivity index (χ0n) is 20.0. The van der Waals surface area contributed by atoms with E-state index in [1.807, 2.05) is 78.9 Å². The summed E-state index contributed by atoms with van der Waals surface area (Å²) in [7, 11) is 0. The summed E-state index contributed by atoms with van der Waals surface area (Å²) >= 11 is 6.79. The van der Waals surface area contributed by atoms with Crippen molar-refractivity contribution in [2.45, 2.75) is 0 Å². The summed E-state index contributed by atoms with van der Waals surface area (Å²) in [6.07, 6.45) is 6.32. The molecule has 0 saturated heterocycles. The number of azo groups is 1. The highest BCUT2D eigenvalue weighted by Gasteiger charge is 2.08. The molecule has 0 aliphatic carbocycles. The summed E-state index contributed by atoms with van der Waals surface area (Å²) in [5.41, 5.74) is 3.81. The van der Waals surface area contributed by atoms with Crippen LogP contribution < -0.4 is 10.6 Å². The fourth-order valence-corrected chi connectivity index (χ4v) is 3.79. The first kappa shape index (κ1) is 26.9. The van der Waals surface area contributed by atoms with Gasteiger partial charge in [-0.05, 0) is 77.9 Å². The molecular weight excluding hydrogens is 608 g/mol. The topological polar surface area (TPSA) is 82.9 Å². The standard InChI is InChI=1S/C30H22Br2N4O2/c31-23-12-6-21(7-13-23)10-18-29(37)33-26-16-17-27(36-35-25-4-2-1-3-5-25)28(20-26)34-30(38)19-11-22-8-14-24(32)15-9-22/h1-20H,(H,33,37)(H,34,38). The maximum absolute atomic E-state index is 12.7. The van der Waals surface area contributed by atoms with Crippen LogP contribution in [-0.2, 0) is 9.59 Å². The van der Waals surface area contributed by atoms with E-state index in [2.05, 4.69) is 52.7 Å². The molecule has 0 fully saturated rings. The fourth-order valence-electron chi connectivity index (χ4n) is 3.26. The van der Waals surface area contributed by atoms with Crippen LogP contribution in [0.3, 0.4) is 0 Å². The fraction of sp³-hybridized carbons (Fsp3) is 0. The normalized spacial score (nSPS) is 11.3. The number of hydrogen-bond acceptors (Lipinski definition) is 4. The van der Waals surface area contributed by atoms with Gasteiger partial charge in [-0.3, -0.25) is 9.59 Å². The number of nitrogens with one attached hydrogen (secondary N) is 2. The van der Waals surface area contributed by atoms with E-state index in [0.29, 0.717) is 22.7 Å². The smallest absolute Gasteiger partial charge is 0.248 e. The first-order valence-corrected chi connectivity index (χ1v) is 13.1. The molecule has 8 heteroatoms. The van der Waals surface area contributed by atoms with E-state index < -0.39 is 0 Å². The largest absolute Gasteiger partial charge is 0.322 e. The highest BCUT2D eigenvalue weighted by atomic mass is 79.9. The van der Waals surface area contributed by atoms with Crippen molar-refractivity contribution in [1.82, 2.24) is 0 Å². The molecule has 0 unspecified atom stereocenters. The molecule has 0 aliphatic rings. The molecule has 0 atom stereocenters. The number of benzene rings is 4. The lowest BCUT2D eigenvalue weighted by Crippen LogP contribution is -2.10. The molecule has 2 N–H and O–H groups in total. The molecule has 0 saturated carbocycles. The molecular formula is C30H22Br2N4O2. The van der Waals surface area contributed by atoms with E-state index >= 15 is 0 Å². The Kier molecular flexibility index (Phi) is 9.50. The van der Waals surface area contributed by atoms with Crippen LogP contribution in [0.4, 0.5) is 22.7 Å². The van der Waals surface area contributed by atoms with Gasteiger partial charge < -0.3 is 10.6 Å². The number of carbonyl (C=O) groups is 2. The third-order valence-electron chi connectivity index (χ3n) is 5.15. The minimum atomic E-state index is -0.345. The van der Waals surface area contributed by atoms with Crippen molar-refractivity contribution in [2.24, 2.45) is 10.2 Å². The second kappa shape index (κ2) is 13.4. The van der Waals surface area contributed by atoms with Crippen molar-refractivity contribution < 1.29 is 9.59 Å². The van der Waals surface area contributed by atoms with Gasteiger partial charge in [-0.1, -0.05) is 74.3 Å². The van der Waals surface area contributed by atoms with E-state index in [1.54, 1.807) is 30.4 Å². The van der Waals surface area contributed by atoms with Crippen molar-refractivity contribution in [1.29, 1.82) is 0 Å². The zero-order chi connectivity index (χ0) is 26.7. The molecule has 6 nitrogen and oxygen atoms in total. The number of nitrogens with zero attached hydrogens (tertiary/aromatic N) is 2. The molecule has 38 heavy (non-hydrogen) atoms. The van der Waals surface area contributed by atoms with Crippen molar-refractivity contribution in [3.63, 3.8) is 0 Å². The monoisotopic (exact) mass is 628 g/mol. The van der Waals surface area contributed by atoms with Gasteiger partial charge in [0.15, 0.2) is 0 Å². The minimum Gasteiger partial charge on any atom is -0.322 e. The Labute approximate surface area is 237 Å². The molecule has 4 rings (SSSR count). The molecule has 0 heterocycles. The average molecular weight is 630 g/mol. The Morgan fingerprint density at radius 2 is 1.18 bits per heavy atom. The van der Waals surface area contributed by atoms with Crippen molar-refractivity contribution in [3.05, 3.63) is 129 Å². The maximum atomic E-state index is 12.7. The van der Waals surface area contributed by atoms with E-state index in [9.17, 15) is 9.59 Å². The Morgan fingerprint density at radius 3 is 1.76 bits per heavy atom. The third-order valence-corrected chi connectivity index (χ3v) is 6.20. The lowest BCUT2D eigenvalue weighted by atomic mass is 10.2. The third kappa shape index (κ3) is 8.47. The highest BCUT2D eigenvalue weighted by Crippen LogP contribution is 2.30. The van der Waals surface area contributed by atoms with Crippen molar-refractivity contribution in [3.8, 4) is 0 Å². The number of carbonyl (C=O) groups excluding carboxylic acids is 2. The van der Waals surface area contributed by atoms with Crippen LogP contribution in [0.1, 0.15) is 11.1 Å². The van der Waals surface area contributed by atoms with Gasteiger partial charge in [0.05, 0.1) is 11.4 Å². The summed E-state index contributed by atoms with van der Waals surface area (Å²) in [5, 5.41) is 14.2. The highest BCUT2D eigenvalue weighted by molar-refractivity contribution is 9.10. The Hall–Kier alpha value is -4.14. The van der Waals surface area contributed by atoms with Crippen molar-refractivity contribution >= 4 is 78.6 Å². The SMILES string of the molecule is O=C(C=Cc1ccc(Br)cc1)Nc1ccc(N=Nc2ccccc2)c(NC(=O)C=Cc2ccc(Br)cc2)c1. The molecule has 4 aromatic carbocycles. The first-order chi connectivity index (χ1) is 18.4. The second-order valence-corrected chi connectivity index (χ2v) is 9.85. The Balaban J connectivity index is 1.52. The molecule has 188 valence electrons. The van der Waals surface area contributed by atoms with Crippen LogP contribution in [0, 0.1) is 0 Å². The molecule has 0 aromatic heterocycles. The van der Waals surface area contributed by atoms with E-state index in [-0.39, 0.29) is 11.8 Å². The van der Waals surface area contributed by atoms with Gasteiger partial charge in [0.25, 0.3) is 0 Å². The van der Waals surface area contributed by atoms with Crippen molar-refractivity contribution in [2.75, 3.05) is 10.6 Å². The maximum Gasteiger partial charge on any atom is 0.248 e. The summed E-state index contributed by atoms with van der Waals surface area (Å²) in [6.45, 7) is 0. The molecule has 0 radical (unpaired) electrons. The summed E-state index contributed by atoms with van der Waals surface area (Å²) in [6, 6.07) is 29.5. The number of anilines is 2. The lowest BCUT2D eigenvalue weighted by Gasteiger charge is -2.09. The number of amides is 2. The molecule has 2 amide bonds. The predicted octanol–water partition coefficient (Wildman–Crippen LogP) is 8.93. The minimum absolute atomic E-state index is 0.306.